The van der Waals surface area contributed by atoms with Gasteiger partial charge in [0.15, 0.2) is 11.5 Å². The average Bonchev–Trinajstić information content (AvgIpc) is 3.63. The van der Waals surface area contributed by atoms with Gasteiger partial charge in [0.25, 0.3) is 0 Å². The van der Waals surface area contributed by atoms with Crippen LogP contribution in [0.15, 0.2) is 83.7 Å². The third-order valence-electron chi connectivity index (χ3n) is 6.32. The van der Waals surface area contributed by atoms with Crippen molar-refractivity contribution in [2.45, 2.75) is 19.8 Å². The van der Waals surface area contributed by atoms with Crippen LogP contribution in [0.1, 0.15) is 34.1 Å². The quantitative estimate of drug-likeness (QED) is 0.348. The zero-order valence-electron chi connectivity index (χ0n) is 19.1. The lowest BCUT2D eigenvalue weighted by atomic mass is 9.88. The van der Waals surface area contributed by atoms with E-state index in [-0.39, 0.29) is 5.92 Å². The molecule has 170 valence electrons. The summed E-state index contributed by atoms with van der Waals surface area (Å²) in [6.07, 6.45) is 3.32. The molecule has 5 heterocycles. The summed E-state index contributed by atoms with van der Waals surface area (Å²) in [5, 5.41) is 9.54. The summed E-state index contributed by atoms with van der Waals surface area (Å²) in [5.74, 6) is 2.18. The first-order valence-corrected chi connectivity index (χ1v) is 11.4. The van der Waals surface area contributed by atoms with Crippen LogP contribution in [0.25, 0.3) is 22.7 Å². The molecule has 0 saturated carbocycles. The molecule has 0 aliphatic carbocycles. The Morgan fingerprint density at radius 1 is 0.886 bits per heavy atom. The van der Waals surface area contributed by atoms with Crippen molar-refractivity contribution in [2.24, 2.45) is 0 Å². The number of fused-ring (bicyclic) bond motifs is 4. The van der Waals surface area contributed by atoms with Crippen LogP contribution in [-0.4, -0.2) is 29.4 Å². The van der Waals surface area contributed by atoms with Crippen molar-refractivity contribution in [1.82, 2.24) is 29.4 Å². The highest BCUT2D eigenvalue weighted by Gasteiger charge is 2.39. The Bertz CT molecular complexity index is 1700. The van der Waals surface area contributed by atoms with Crippen molar-refractivity contribution in [3.63, 3.8) is 0 Å². The fourth-order valence-corrected chi connectivity index (χ4v) is 4.77. The smallest absolute Gasteiger partial charge is 0.230 e. The maximum Gasteiger partial charge on any atom is 0.230 e. The molecule has 1 atom stereocenters. The Hall–Kier alpha value is -4.72. The average molecular weight is 460 g/mol. The molecular formula is C27H20N6O2. The number of rotatable bonds is 3. The van der Waals surface area contributed by atoms with Gasteiger partial charge in [-0.1, -0.05) is 42.0 Å². The Morgan fingerprint density at radius 3 is 2.57 bits per heavy atom. The molecule has 0 bridgehead atoms. The molecule has 7 rings (SSSR count). The number of aromatic nitrogens is 6. The van der Waals surface area contributed by atoms with Gasteiger partial charge in [-0.25, -0.2) is 19.2 Å². The number of furan rings is 1. The maximum absolute atomic E-state index is 6.42. The molecule has 35 heavy (non-hydrogen) atoms. The number of nitrogens with zero attached hydrogens (tertiary/aromatic N) is 6. The van der Waals surface area contributed by atoms with Gasteiger partial charge in [0.2, 0.25) is 11.8 Å². The predicted molar refractivity (Wildman–Crippen MR) is 129 cm³/mol. The number of hydrogen-bond donors (Lipinski definition) is 0. The van der Waals surface area contributed by atoms with E-state index in [9.17, 15) is 0 Å². The van der Waals surface area contributed by atoms with E-state index in [1.54, 1.807) is 17.1 Å². The molecule has 1 aliphatic rings. The third kappa shape index (κ3) is 3.00. The lowest BCUT2D eigenvalue weighted by molar-refractivity contribution is 0.392. The Balaban J connectivity index is 1.48. The van der Waals surface area contributed by atoms with E-state index in [4.69, 9.17) is 24.3 Å². The minimum absolute atomic E-state index is 0.299. The molecule has 4 aromatic heterocycles. The lowest BCUT2D eigenvalue weighted by Gasteiger charge is -2.24. The molecule has 0 amide bonds. The van der Waals surface area contributed by atoms with Gasteiger partial charge >= 0.3 is 0 Å². The Kier molecular flexibility index (Phi) is 4.17. The topological polar surface area (TPSA) is 83.3 Å². The molecule has 0 fully saturated rings. The van der Waals surface area contributed by atoms with Crippen LogP contribution in [-0.2, 0) is 0 Å². The largest absolute Gasteiger partial charge is 0.468 e. The van der Waals surface area contributed by atoms with Gasteiger partial charge in [-0.15, -0.1) is 5.10 Å². The monoisotopic (exact) mass is 460 g/mol. The van der Waals surface area contributed by atoms with Gasteiger partial charge < -0.3 is 9.15 Å². The van der Waals surface area contributed by atoms with Crippen LogP contribution in [0.2, 0.25) is 0 Å². The fourth-order valence-electron chi connectivity index (χ4n) is 4.77. The maximum atomic E-state index is 6.42. The molecule has 0 N–H and O–H groups in total. The molecule has 0 saturated heterocycles. The Labute approximate surface area is 200 Å². The summed E-state index contributed by atoms with van der Waals surface area (Å²) in [6.45, 7) is 4.04. The van der Waals surface area contributed by atoms with Gasteiger partial charge in [-0.2, -0.15) is 5.10 Å². The molecule has 8 heteroatoms. The number of hydrogen-bond acceptors (Lipinski definition) is 6. The Morgan fingerprint density at radius 2 is 1.77 bits per heavy atom. The third-order valence-corrected chi connectivity index (χ3v) is 6.32. The highest BCUT2D eigenvalue weighted by molar-refractivity contribution is 5.68. The summed E-state index contributed by atoms with van der Waals surface area (Å²) >= 11 is 0. The van der Waals surface area contributed by atoms with Gasteiger partial charge in [-0.3, -0.25) is 0 Å². The molecule has 8 nitrogen and oxygen atoms in total. The van der Waals surface area contributed by atoms with Crippen molar-refractivity contribution >= 4 is 5.65 Å². The summed E-state index contributed by atoms with van der Waals surface area (Å²) in [4.78, 5) is 9.56. The molecule has 2 aromatic carbocycles. The van der Waals surface area contributed by atoms with Crippen LogP contribution in [0.5, 0.6) is 11.8 Å². The van der Waals surface area contributed by atoms with Crippen molar-refractivity contribution in [1.29, 1.82) is 0 Å². The minimum atomic E-state index is -0.299. The first-order chi connectivity index (χ1) is 17.2. The van der Waals surface area contributed by atoms with Crippen LogP contribution in [0, 0.1) is 13.8 Å². The van der Waals surface area contributed by atoms with Crippen LogP contribution in [0.4, 0.5) is 0 Å². The van der Waals surface area contributed by atoms with Gasteiger partial charge in [0.1, 0.15) is 12.1 Å². The molecule has 0 radical (unpaired) electrons. The lowest BCUT2D eigenvalue weighted by Crippen LogP contribution is -2.15. The second-order valence-electron chi connectivity index (χ2n) is 8.64. The van der Waals surface area contributed by atoms with Crippen molar-refractivity contribution in [3.8, 4) is 28.8 Å². The summed E-state index contributed by atoms with van der Waals surface area (Å²) < 4.78 is 15.9. The fraction of sp³-hybridized carbons (Fsp3) is 0.111. The SMILES string of the molecule is Cc1cccc(-c2nc3c4c(ncn3n2)Oc2c(c(C)nn2-c2ccccc2)[C@@H]4c2ccco2)c1. The summed E-state index contributed by atoms with van der Waals surface area (Å²) in [6, 6.07) is 21.9. The summed E-state index contributed by atoms with van der Waals surface area (Å²) in [7, 11) is 0. The molecule has 6 aromatic rings. The van der Waals surface area contributed by atoms with E-state index >= 15 is 0 Å². The van der Waals surface area contributed by atoms with Crippen LogP contribution < -0.4 is 4.74 Å². The molecule has 1 aliphatic heterocycles. The van der Waals surface area contributed by atoms with E-state index < -0.39 is 0 Å². The van der Waals surface area contributed by atoms with Crippen LogP contribution >= 0.6 is 0 Å². The number of ether oxygens (including phenoxy) is 1. The highest BCUT2D eigenvalue weighted by atomic mass is 16.5. The second kappa shape index (κ2) is 7.39. The minimum Gasteiger partial charge on any atom is -0.468 e. The van der Waals surface area contributed by atoms with E-state index in [0.717, 1.165) is 39.4 Å². The van der Waals surface area contributed by atoms with Gasteiger partial charge in [0, 0.05) is 5.56 Å². The zero-order chi connectivity index (χ0) is 23.5. The predicted octanol–water partition coefficient (Wildman–Crippen LogP) is 5.47. The van der Waals surface area contributed by atoms with Gasteiger partial charge in [-0.05, 0) is 44.2 Å². The summed E-state index contributed by atoms with van der Waals surface area (Å²) in [5.41, 5.74) is 6.24. The molecule has 0 unspecified atom stereocenters. The molecular weight excluding hydrogens is 440 g/mol. The first-order valence-electron chi connectivity index (χ1n) is 11.4. The van der Waals surface area contributed by atoms with Crippen molar-refractivity contribution in [2.75, 3.05) is 0 Å². The van der Waals surface area contributed by atoms with E-state index in [1.807, 2.05) is 66.2 Å². The zero-order valence-corrected chi connectivity index (χ0v) is 19.1. The number of para-hydroxylation sites is 1. The molecule has 0 spiro atoms. The van der Waals surface area contributed by atoms with E-state index in [0.29, 0.717) is 23.2 Å². The second-order valence-corrected chi connectivity index (χ2v) is 8.64. The first kappa shape index (κ1) is 19.7. The number of aryl methyl sites for hydroxylation is 2. The van der Waals surface area contributed by atoms with E-state index in [1.165, 1.54) is 0 Å². The number of benzene rings is 2. The normalized spacial score (nSPS) is 14.5. The highest BCUT2D eigenvalue weighted by Crippen LogP contribution is 2.49. The van der Waals surface area contributed by atoms with Crippen LogP contribution in [0.3, 0.4) is 0 Å². The van der Waals surface area contributed by atoms with Gasteiger partial charge in [0.05, 0.1) is 34.7 Å². The van der Waals surface area contributed by atoms with Crippen molar-refractivity contribution < 1.29 is 9.15 Å². The standard InChI is InChI=1S/C27H20N6O2/c1-16-8-6-9-18(14-16)24-29-25-23-22(20-12-7-13-34-20)21-17(2)30-33(19-10-4-3-5-11-19)27(21)35-26(23)28-15-32(25)31-24/h3-15,22H,1-2H3/t22-/m0/s1. The van der Waals surface area contributed by atoms with Crippen molar-refractivity contribution in [3.05, 3.63) is 107 Å². The van der Waals surface area contributed by atoms with E-state index in [2.05, 4.69) is 24.0 Å².